The van der Waals surface area contributed by atoms with Gasteiger partial charge in [-0.15, -0.1) is 0 Å². The molecular weight excluding hydrogens is 474 g/mol. The molecule has 3 aromatic rings. The summed E-state index contributed by atoms with van der Waals surface area (Å²) in [5.74, 6) is -0.370. The van der Waals surface area contributed by atoms with Crippen LogP contribution in [0.15, 0.2) is 65.6 Å². The third-order valence-corrected chi connectivity index (χ3v) is 8.44. The van der Waals surface area contributed by atoms with Crippen LogP contribution in [0.3, 0.4) is 0 Å². The number of nitrogens with one attached hydrogen (secondary N) is 1. The standard InChI is InChI=1S/C28H33N3O4S/c1-4-16-29-28(33)21(3)30(19-22-10-5-9-20(2)18-22)26(32)15-8-17-31-24-13-6-11-23-12-7-14-25(27(23)24)36(31,34)35/h5-7,9-14,18,21H,4,8,15-17,19H2,1-3H3,(H,29,33)/t21-/m0/s1. The van der Waals surface area contributed by atoms with Crippen LogP contribution in [0.4, 0.5) is 5.69 Å². The average molecular weight is 508 g/mol. The minimum Gasteiger partial charge on any atom is -0.354 e. The van der Waals surface area contributed by atoms with Gasteiger partial charge in [0.1, 0.15) is 6.04 Å². The molecule has 0 aromatic heterocycles. The van der Waals surface area contributed by atoms with Crippen LogP contribution in [-0.2, 0) is 26.2 Å². The van der Waals surface area contributed by atoms with Gasteiger partial charge in [0.25, 0.3) is 10.0 Å². The summed E-state index contributed by atoms with van der Waals surface area (Å²) in [6.07, 6.45) is 1.29. The number of rotatable bonds is 10. The van der Waals surface area contributed by atoms with Gasteiger partial charge >= 0.3 is 0 Å². The van der Waals surface area contributed by atoms with E-state index in [4.69, 9.17) is 0 Å². The van der Waals surface area contributed by atoms with Crippen molar-refractivity contribution >= 4 is 38.3 Å². The fraction of sp³-hybridized carbons (Fsp3) is 0.357. The van der Waals surface area contributed by atoms with Crippen molar-refractivity contribution in [3.8, 4) is 0 Å². The molecule has 3 aromatic carbocycles. The molecule has 7 nitrogen and oxygen atoms in total. The van der Waals surface area contributed by atoms with E-state index in [2.05, 4.69) is 5.32 Å². The Hall–Kier alpha value is -3.39. The number of amides is 2. The molecule has 0 radical (unpaired) electrons. The second kappa shape index (κ2) is 10.7. The lowest BCUT2D eigenvalue weighted by Crippen LogP contribution is -2.47. The lowest BCUT2D eigenvalue weighted by Gasteiger charge is -2.29. The highest BCUT2D eigenvalue weighted by Gasteiger charge is 2.35. The molecule has 1 atom stereocenters. The zero-order chi connectivity index (χ0) is 25.9. The molecule has 36 heavy (non-hydrogen) atoms. The normalized spacial score (nSPS) is 14.6. The van der Waals surface area contributed by atoms with Gasteiger partial charge in [0, 0.05) is 31.4 Å². The number of nitrogens with zero attached hydrogens (tertiary/aromatic N) is 2. The van der Waals surface area contributed by atoms with Gasteiger partial charge in [-0.1, -0.05) is 61.0 Å². The van der Waals surface area contributed by atoms with E-state index >= 15 is 0 Å². The van der Waals surface area contributed by atoms with Crippen molar-refractivity contribution in [3.63, 3.8) is 0 Å². The zero-order valence-electron chi connectivity index (χ0n) is 21.0. The molecule has 0 aliphatic carbocycles. The van der Waals surface area contributed by atoms with E-state index in [0.29, 0.717) is 30.1 Å². The van der Waals surface area contributed by atoms with Crippen LogP contribution < -0.4 is 9.62 Å². The fourth-order valence-electron chi connectivity index (χ4n) is 4.70. The highest BCUT2D eigenvalue weighted by atomic mass is 32.2. The topological polar surface area (TPSA) is 86.8 Å². The van der Waals surface area contributed by atoms with E-state index in [1.165, 1.54) is 4.31 Å². The van der Waals surface area contributed by atoms with Crippen LogP contribution in [0.5, 0.6) is 0 Å². The molecule has 0 fully saturated rings. The average Bonchev–Trinajstić information content (AvgIpc) is 3.08. The highest BCUT2D eigenvalue weighted by Crippen LogP contribution is 2.42. The number of sulfonamides is 1. The number of hydrogen-bond donors (Lipinski definition) is 1. The number of anilines is 1. The summed E-state index contributed by atoms with van der Waals surface area (Å²) in [5.41, 5.74) is 2.68. The molecule has 2 amide bonds. The Balaban J connectivity index is 1.49. The smallest absolute Gasteiger partial charge is 0.265 e. The third-order valence-electron chi connectivity index (χ3n) is 6.58. The van der Waals surface area contributed by atoms with Crippen molar-refractivity contribution in [1.29, 1.82) is 0 Å². The molecule has 0 unspecified atom stereocenters. The Morgan fingerprint density at radius 1 is 1.06 bits per heavy atom. The second-order valence-electron chi connectivity index (χ2n) is 9.29. The Labute approximate surface area is 213 Å². The Kier molecular flexibility index (Phi) is 7.64. The highest BCUT2D eigenvalue weighted by molar-refractivity contribution is 7.93. The van der Waals surface area contributed by atoms with Crippen LogP contribution in [0.25, 0.3) is 10.8 Å². The molecule has 190 valence electrons. The van der Waals surface area contributed by atoms with Gasteiger partial charge in [-0.3, -0.25) is 13.9 Å². The Morgan fingerprint density at radius 2 is 1.78 bits per heavy atom. The number of carbonyl (C=O) groups is 2. The van der Waals surface area contributed by atoms with Gasteiger partial charge in [0.2, 0.25) is 11.8 Å². The van der Waals surface area contributed by atoms with Gasteiger partial charge in [-0.2, -0.15) is 0 Å². The van der Waals surface area contributed by atoms with E-state index in [9.17, 15) is 18.0 Å². The van der Waals surface area contributed by atoms with Crippen LogP contribution in [0.2, 0.25) is 0 Å². The molecule has 8 heteroatoms. The molecule has 0 bridgehead atoms. The monoisotopic (exact) mass is 507 g/mol. The summed E-state index contributed by atoms with van der Waals surface area (Å²) < 4.78 is 27.8. The molecule has 0 saturated carbocycles. The fourth-order valence-corrected chi connectivity index (χ4v) is 6.45. The predicted molar refractivity (Wildman–Crippen MR) is 142 cm³/mol. The molecular formula is C28H33N3O4S. The van der Waals surface area contributed by atoms with E-state index in [1.54, 1.807) is 24.0 Å². The van der Waals surface area contributed by atoms with E-state index in [1.807, 2.05) is 62.4 Å². The molecule has 1 aliphatic rings. The number of benzene rings is 3. The molecule has 1 N–H and O–H groups in total. The quantitative estimate of drug-likeness (QED) is 0.441. The summed E-state index contributed by atoms with van der Waals surface area (Å²) >= 11 is 0. The van der Waals surface area contributed by atoms with Gasteiger partial charge in [-0.05, 0) is 49.8 Å². The number of carbonyl (C=O) groups excluding carboxylic acids is 2. The van der Waals surface area contributed by atoms with Crippen LogP contribution >= 0.6 is 0 Å². The maximum absolute atomic E-state index is 13.4. The van der Waals surface area contributed by atoms with Crippen molar-refractivity contribution in [2.75, 3.05) is 17.4 Å². The summed E-state index contributed by atoms with van der Waals surface area (Å²) in [6, 6.07) is 18.1. The van der Waals surface area contributed by atoms with Crippen LogP contribution in [-0.4, -0.2) is 44.3 Å². The van der Waals surface area contributed by atoms with Gasteiger partial charge < -0.3 is 10.2 Å². The van der Waals surface area contributed by atoms with Gasteiger partial charge in [-0.25, -0.2) is 8.42 Å². The summed E-state index contributed by atoms with van der Waals surface area (Å²) in [4.78, 5) is 28.0. The lowest BCUT2D eigenvalue weighted by molar-refractivity contribution is -0.140. The first-order valence-electron chi connectivity index (χ1n) is 12.4. The van der Waals surface area contributed by atoms with E-state index < -0.39 is 16.1 Å². The van der Waals surface area contributed by atoms with Crippen molar-refractivity contribution < 1.29 is 18.0 Å². The van der Waals surface area contributed by atoms with Crippen LogP contribution in [0, 0.1) is 6.92 Å². The first-order valence-corrected chi connectivity index (χ1v) is 13.8. The molecule has 1 aliphatic heterocycles. The summed E-state index contributed by atoms with van der Waals surface area (Å²) in [5, 5.41) is 4.49. The first-order chi connectivity index (χ1) is 17.2. The Morgan fingerprint density at radius 3 is 2.50 bits per heavy atom. The number of aryl methyl sites for hydroxylation is 1. The third kappa shape index (κ3) is 5.09. The summed E-state index contributed by atoms with van der Waals surface area (Å²) in [7, 11) is -3.67. The first kappa shape index (κ1) is 25.7. The molecule has 1 heterocycles. The molecule has 0 saturated heterocycles. The maximum Gasteiger partial charge on any atom is 0.265 e. The predicted octanol–water partition coefficient (Wildman–Crippen LogP) is 4.38. The summed E-state index contributed by atoms with van der Waals surface area (Å²) in [6.45, 7) is 6.76. The maximum atomic E-state index is 13.4. The van der Waals surface area contributed by atoms with Crippen LogP contribution in [0.1, 0.15) is 44.2 Å². The Bertz CT molecular complexity index is 1380. The van der Waals surface area contributed by atoms with Gasteiger partial charge in [0.15, 0.2) is 0 Å². The minimum absolute atomic E-state index is 0.134. The molecule has 4 rings (SSSR count). The van der Waals surface area contributed by atoms with Crippen molar-refractivity contribution in [2.45, 2.75) is 57.5 Å². The second-order valence-corrected chi connectivity index (χ2v) is 11.1. The van der Waals surface area contributed by atoms with Crippen molar-refractivity contribution in [3.05, 3.63) is 71.8 Å². The SMILES string of the molecule is CCCNC(=O)[C@H](C)N(Cc1cccc(C)c1)C(=O)CCCN1c2cccc3cccc(c23)S1(=O)=O. The largest absolute Gasteiger partial charge is 0.354 e. The number of hydrogen-bond acceptors (Lipinski definition) is 4. The van der Waals surface area contributed by atoms with E-state index in [-0.39, 0.29) is 24.8 Å². The zero-order valence-corrected chi connectivity index (χ0v) is 21.8. The molecule has 0 spiro atoms. The van der Waals surface area contributed by atoms with Gasteiger partial charge in [0.05, 0.1) is 10.6 Å². The van der Waals surface area contributed by atoms with E-state index in [0.717, 1.165) is 28.3 Å². The van der Waals surface area contributed by atoms with Crippen molar-refractivity contribution in [2.24, 2.45) is 0 Å². The lowest BCUT2D eigenvalue weighted by atomic mass is 10.1. The van der Waals surface area contributed by atoms with Crippen molar-refractivity contribution in [1.82, 2.24) is 10.2 Å². The minimum atomic E-state index is -3.67.